The zero-order valence-corrected chi connectivity index (χ0v) is 18.0. The number of thioether (sulfide) groups is 1. The van der Waals surface area contributed by atoms with Crippen molar-refractivity contribution in [2.24, 2.45) is 0 Å². The van der Waals surface area contributed by atoms with E-state index in [0.717, 1.165) is 40.8 Å². The van der Waals surface area contributed by atoms with Crippen molar-refractivity contribution < 1.29 is 9.59 Å². The number of H-pyrrole nitrogens is 2. The summed E-state index contributed by atoms with van der Waals surface area (Å²) >= 11 is 1.77. The highest BCUT2D eigenvalue weighted by atomic mass is 32.2. The molecule has 3 aromatic rings. The van der Waals surface area contributed by atoms with Gasteiger partial charge >= 0.3 is 0 Å². The zero-order valence-electron chi connectivity index (χ0n) is 17.2. The number of rotatable bonds is 5. The molecule has 2 aromatic heterocycles. The minimum absolute atomic E-state index is 0.0448. The molecular weight excluding hydrogens is 398 g/mol. The molecule has 0 bridgehead atoms. The molecule has 8 heteroatoms. The van der Waals surface area contributed by atoms with E-state index in [1.54, 1.807) is 16.7 Å². The Morgan fingerprint density at radius 3 is 2.83 bits per heavy atom. The quantitative estimate of drug-likeness (QED) is 0.661. The molecule has 3 heterocycles. The van der Waals surface area contributed by atoms with Gasteiger partial charge in [0, 0.05) is 47.9 Å². The Labute approximate surface area is 179 Å². The molecule has 1 fully saturated rings. The fourth-order valence-electron chi connectivity index (χ4n) is 4.37. The van der Waals surface area contributed by atoms with E-state index in [4.69, 9.17) is 0 Å². The number of nitrogens with one attached hydrogen (secondary N) is 2. The van der Waals surface area contributed by atoms with Gasteiger partial charge in [-0.25, -0.2) is 0 Å². The van der Waals surface area contributed by atoms with E-state index >= 15 is 0 Å². The van der Waals surface area contributed by atoms with Gasteiger partial charge in [-0.15, -0.1) is 0 Å². The minimum atomic E-state index is -0.0565. The van der Waals surface area contributed by atoms with Crippen LogP contribution in [0.1, 0.15) is 45.1 Å². The van der Waals surface area contributed by atoms with Gasteiger partial charge in [0.15, 0.2) is 5.69 Å². The first-order valence-corrected chi connectivity index (χ1v) is 11.6. The highest BCUT2D eigenvalue weighted by molar-refractivity contribution is 7.98. The Balaban J connectivity index is 1.38. The van der Waals surface area contributed by atoms with Crippen molar-refractivity contribution in [2.45, 2.75) is 31.3 Å². The smallest absolute Gasteiger partial charge is 0.274 e. The van der Waals surface area contributed by atoms with Crippen LogP contribution in [0.25, 0.3) is 10.9 Å². The summed E-state index contributed by atoms with van der Waals surface area (Å²) in [5.74, 6) is 0.831. The molecule has 2 amide bonds. The summed E-state index contributed by atoms with van der Waals surface area (Å²) in [7, 11) is 1.88. The number of hydrogen-bond acceptors (Lipinski definition) is 4. The number of benzene rings is 1. The molecule has 1 aliphatic carbocycles. The molecule has 0 unspecified atom stereocenters. The van der Waals surface area contributed by atoms with Crippen molar-refractivity contribution in [2.75, 3.05) is 25.6 Å². The third-order valence-corrected chi connectivity index (χ3v) is 7.27. The lowest BCUT2D eigenvalue weighted by Gasteiger charge is -2.29. The van der Waals surface area contributed by atoms with Gasteiger partial charge in [0.05, 0.1) is 12.1 Å². The SMILES string of the molecule is CSCC1(N(C)C(=O)c2n[nH]c3c2CN(C(=O)c2cc4ccccc4[nH]2)CC3)CC1. The second kappa shape index (κ2) is 7.19. The standard InChI is InChI=1S/C22H25N5O2S/c1-26(22(8-9-22)13-30-2)21(29)19-15-12-27(10-7-17(15)24-25-19)20(28)18-11-14-5-3-4-6-16(14)23-18/h3-6,11,23H,7-10,12-13H2,1-2H3,(H,24,25). The molecule has 1 saturated carbocycles. The van der Waals surface area contributed by atoms with E-state index in [1.807, 2.05) is 42.3 Å². The first-order chi connectivity index (χ1) is 14.5. The van der Waals surface area contributed by atoms with Crippen LogP contribution in [0.4, 0.5) is 0 Å². The average molecular weight is 424 g/mol. The van der Waals surface area contributed by atoms with E-state index in [1.165, 1.54) is 0 Å². The molecule has 30 heavy (non-hydrogen) atoms. The Hall–Kier alpha value is -2.74. The van der Waals surface area contributed by atoms with Crippen LogP contribution in [0.2, 0.25) is 0 Å². The van der Waals surface area contributed by atoms with Crippen molar-refractivity contribution in [3.63, 3.8) is 0 Å². The predicted octanol–water partition coefficient (Wildman–Crippen LogP) is 3.06. The molecule has 2 aliphatic rings. The van der Waals surface area contributed by atoms with Crippen LogP contribution in [0.15, 0.2) is 30.3 Å². The van der Waals surface area contributed by atoms with Gasteiger partial charge in [0.1, 0.15) is 5.69 Å². The number of aromatic amines is 2. The van der Waals surface area contributed by atoms with Gasteiger partial charge in [0.2, 0.25) is 0 Å². The number of amides is 2. The van der Waals surface area contributed by atoms with Crippen molar-refractivity contribution in [1.29, 1.82) is 0 Å². The summed E-state index contributed by atoms with van der Waals surface area (Å²) in [6.45, 7) is 0.994. The van der Waals surface area contributed by atoms with Crippen molar-refractivity contribution in [3.8, 4) is 0 Å². The van der Waals surface area contributed by atoms with E-state index in [9.17, 15) is 9.59 Å². The van der Waals surface area contributed by atoms with Gasteiger partial charge in [-0.1, -0.05) is 18.2 Å². The summed E-state index contributed by atoms with van der Waals surface area (Å²) < 4.78 is 0. The molecule has 0 radical (unpaired) electrons. The largest absolute Gasteiger partial charge is 0.351 e. The van der Waals surface area contributed by atoms with Crippen LogP contribution >= 0.6 is 11.8 Å². The Morgan fingerprint density at radius 1 is 1.30 bits per heavy atom. The zero-order chi connectivity index (χ0) is 20.9. The number of fused-ring (bicyclic) bond motifs is 2. The van der Waals surface area contributed by atoms with Crippen LogP contribution < -0.4 is 0 Å². The van der Waals surface area contributed by atoms with Crippen LogP contribution in [-0.4, -0.2) is 67.9 Å². The summed E-state index contributed by atoms with van der Waals surface area (Å²) in [6, 6.07) is 9.75. The number of aromatic nitrogens is 3. The highest BCUT2D eigenvalue weighted by Gasteiger charge is 2.49. The molecule has 1 aliphatic heterocycles. The minimum Gasteiger partial charge on any atom is -0.351 e. The van der Waals surface area contributed by atoms with Gasteiger partial charge < -0.3 is 14.8 Å². The number of carbonyl (C=O) groups excluding carboxylic acids is 2. The topological polar surface area (TPSA) is 85.1 Å². The number of nitrogens with zero attached hydrogens (tertiary/aromatic N) is 3. The van der Waals surface area contributed by atoms with Crippen LogP contribution in [-0.2, 0) is 13.0 Å². The first kappa shape index (κ1) is 19.2. The molecule has 0 spiro atoms. The maximum atomic E-state index is 13.2. The number of hydrogen-bond donors (Lipinski definition) is 2. The van der Waals surface area contributed by atoms with E-state index in [0.29, 0.717) is 30.9 Å². The lowest BCUT2D eigenvalue weighted by molar-refractivity contribution is 0.0696. The van der Waals surface area contributed by atoms with E-state index in [-0.39, 0.29) is 17.4 Å². The molecule has 0 atom stereocenters. The van der Waals surface area contributed by atoms with E-state index in [2.05, 4.69) is 21.4 Å². The summed E-state index contributed by atoms with van der Waals surface area (Å²) in [4.78, 5) is 33.2. The first-order valence-electron chi connectivity index (χ1n) is 10.2. The van der Waals surface area contributed by atoms with Gasteiger partial charge in [-0.05, 0) is 31.2 Å². The second-order valence-corrected chi connectivity index (χ2v) is 9.16. The maximum absolute atomic E-state index is 13.2. The van der Waals surface area contributed by atoms with Gasteiger partial charge in [-0.2, -0.15) is 16.9 Å². The van der Waals surface area contributed by atoms with Crippen molar-refractivity contribution >= 4 is 34.5 Å². The Bertz CT molecular complexity index is 1100. The van der Waals surface area contributed by atoms with Crippen LogP contribution in [0.5, 0.6) is 0 Å². The molecule has 0 saturated heterocycles. The highest BCUT2D eigenvalue weighted by Crippen LogP contribution is 2.43. The second-order valence-electron chi connectivity index (χ2n) is 8.30. The molecule has 5 rings (SSSR count). The summed E-state index contributed by atoms with van der Waals surface area (Å²) in [5, 5.41) is 8.41. The average Bonchev–Trinajstić information content (AvgIpc) is 3.23. The fourth-order valence-corrected chi connectivity index (χ4v) is 5.39. The predicted molar refractivity (Wildman–Crippen MR) is 118 cm³/mol. The molecule has 7 nitrogen and oxygen atoms in total. The van der Waals surface area contributed by atoms with Crippen molar-refractivity contribution in [3.05, 3.63) is 53.0 Å². The summed E-state index contributed by atoms with van der Waals surface area (Å²) in [5.41, 5.74) is 3.74. The van der Waals surface area contributed by atoms with Gasteiger partial charge in [-0.3, -0.25) is 14.7 Å². The van der Waals surface area contributed by atoms with Crippen molar-refractivity contribution in [1.82, 2.24) is 25.0 Å². The Kier molecular flexibility index (Phi) is 4.61. The lowest BCUT2D eigenvalue weighted by Crippen LogP contribution is -2.42. The Morgan fingerprint density at radius 2 is 2.10 bits per heavy atom. The lowest BCUT2D eigenvalue weighted by atomic mass is 10.0. The molecule has 2 N–H and O–H groups in total. The van der Waals surface area contributed by atoms with Gasteiger partial charge in [0.25, 0.3) is 11.8 Å². The fraction of sp³-hybridized carbons (Fsp3) is 0.409. The van der Waals surface area contributed by atoms with E-state index < -0.39 is 0 Å². The molecule has 156 valence electrons. The molecular formula is C22H25N5O2S. The monoisotopic (exact) mass is 423 g/mol. The van der Waals surface area contributed by atoms with Crippen LogP contribution in [0.3, 0.4) is 0 Å². The third-order valence-electron chi connectivity index (χ3n) is 6.44. The molecule has 1 aromatic carbocycles. The summed E-state index contributed by atoms with van der Waals surface area (Å²) in [6.07, 6.45) is 4.81. The third kappa shape index (κ3) is 3.10. The normalized spacial score (nSPS) is 17.1. The number of carbonyl (C=O) groups is 2. The van der Waals surface area contributed by atoms with Crippen LogP contribution in [0, 0.1) is 0 Å². The maximum Gasteiger partial charge on any atom is 0.274 e. The number of para-hydroxylation sites is 1.